The van der Waals surface area contributed by atoms with Gasteiger partial charge >= 0.3 is 12.1 Å². The molecule has 0 spiro atoms. The number of hydrogen-bond acceptors (Lipinski definition) is 5. The van der Waals surface area contributed by atoms with E-state index in [0.29, 0.717) is 6.42 Å². The molecule has 6 nitrogen and oxygen atoms in total. The number of Topliss-reactive ketones (excluding diaryl/α,β-unsaturated/α-hetero) is 1. The van der Waals surface area contributed by atoms with Gasteiger partial charge in [0.05, 0.1) is 7.11 Å². The number of amides is 1. The minimum Gasteiger partial charge on any atom is -0.463 e. The second-order valence-electron chi connectivity index (χ2n) is 5.37. The number of methoxy groups -OCH3 is 1. The molecule has 0 saturated carbocycles. The number of alkyl carbamates (subject to hydrolysis) is 1. The van der Waals surface area contributed by atoms with Crippen LogP contribution < -0.4 is 5.32 Å². The van der Waals surface area contributed by atoms with E-state index in [2.05, 4.69) is 10.1 Å². The lowest BCUT2D eigenvalue weighted by Gasteiger charge is -2.25. The van der Waals surface area contributed by atoms with Crippen LogP contribution in [0, 0.1) is 5.92 Å². The summed E-state index contributed by atoms with van der Waals surface area (Å²) in [5.74, 6) is -1.94. The molecule has 110 valence electrons. The van der Waals surface area contributed by atoms with Crippen LogP contribution in [-0.4, -0.2) is 36.6 Å². The van der Waals surface area contributed by atoms with Gasteiger partial charge < -0.3 is 14.8 Å². The van der Waals surface area contributed by atoms with Gasteiger partial charge in [-0.15, -0.1) is 0 Å². The van der Waals surface area contributed by atoms with Crippen LogP contribution in [0.1, 0.15) is 41.0 Å². The van der Waals surface area contributed by atoms with Crippen molar-refractivity contribution in [3.8, 4) is 0 Å². The number of carbonyl (C=O) groups is 3. The molecule has 0 aliphatic rings. The Bertz CT molecular complexity index is 345. The summed E-state index contributed by atoms with van der Waals surface area (Å²) in [7, 11) is 1.13. The number of ketones is 1. The lowest BCUT2D eigenvalue weighted by atomic mass is 9.95. The van der Waals surface area contributed by atoms with Crippen molar-refractivity contribution in [1.29, 1.82) is 0 Å². The van der Waals surface area contributed by atoms with Crippen LogP contribution in [0.25, 0.3) is 0 Å². The Hall–Kier alpha value is -1.59. The molecule has 2 atom stereocenters. The van der Waals surface area contributed by atoms with Crippen molar-refractivity contribution in [3.05, 3.63) is 0 Å². The number of rotatable bonds is 5. The Labute approximate surface area is 113 Å². The van der Waals surface area contributed by atoms with Crippen molar-refractivity contribution in [2.24, 2.45) is 5.92 Å². The summed E-state index contributed by atoms with van der Waals surface area (Å²) in [6, 6.07) is -0.938. The lowest BCUT2D eigenvalue weighted by molar-refractivity contribution is -0.153. The monoisotopic (exact) mass is 273 g/mol. The van der Waals surface area contributed by atoms with Crippen LogP contribution in [0.5, 0.6) is 0 Å². The molecule has 0 radical (unpaired) electrons. The zero-order valence-electron chi connectivity index (χ0n) is 12.4. The van der Waals surface area contributed by atoms with Crippen LogP contribution in [-0.2, 0) is 19.1 Å². The lowest BCUT2D eigenvalue weighted by Crippen LogP contribution is -2.49. The van der Waals surface area contributed by atoms with Gasteiger partial charge in [0.2, 0.25) is 0 Å². The first-order chi connectivity index (χ1) is 8.62. The molecule has 0 aliphatic carbocycles. The zero-order valence-corrected chi connectivity index (χ0v) is 12.4. The van der Waals surface area contributed by atoms with E-state index >= 15 is 0 Å². The second kappa shape index (κ2) is 7.11. The maximum Gasteiger partial charge on any atom is 0.408 e. The average Bonchev–Trinajstić information content (AvgIpc) is 2.30. The Kier molecular flexibility index (Phi) is 6.52. The highest BCUT2D eigenvalue weighted by atomic mass is 16.6. The zero-order chi connectivity index (χ0) is 15.2. The van der Waals surface area contributed by atoms with E-state index in [4.69, 9.17) is 4.74 Å². The van der Waals surface area contributed by atoms with E-state index < -0.39 is 29.5 Å². The van der Waals surface area contributed by atoms with E-state index in [-0.39, 0.29) is 5.92 Å². The third-order valence-corrected chi connectivity index (χ3v) is 2.55. The summed E-state index contributed by atoms with van der Waals surface area (Å²) >= 11 is 0. The second-order valence-corrected chi connectivity index (χ2v) is 5.37. The fourth-order valence-corrected chi connectivity index (χ4v) is 1.36. The van der Waals surface area contributed by atoms with Crippen LogP contribution in [0.2, 0.25) is 0 Å². The molecule has 19 heavy (non-hydrogen) atoms. The molecule has 6 heteroatoms. The summed E-state index contributed by atoms with van der Waals surface area (Å²) in [6.07, 6.45) is -0.0986. The van der Waals surface area contributed by atoms with Gasteiger partial charge in [-0.25, -0.2) is 9.59 Å². The first-order valence-electron chi connectivity index (χ1n) is 6.24. The molecule has 1 amide bonds. The molecule has 0 rings (SSSR count). The number of carbonyl (C=O) groups excluding carboxylic acids is 3. The van der Waals surface area contributed by atoms with Gasteiger partial charge in [0.25, 0.3) is 5.78 Å². The van der Waals surface area contributed by atoms with Gasteiger partial charge in [0.1, 0.15) is 11.6 Å². The Morgan fingerprint density at radius 3 is 2.11 bits per heavy atom. The number of hydrogen-bond donors (Lipinski definition) is 1. The quantitative estimate of drug-likeness (QED) is 0.608. The predicted molar refractivity (Wildman–Crippen MR) is 69.6 cm³/mol. The predicted octanol–water partition coefficient (Wildman–Crippen LogP) is 1.67. The summed E-state index contributed by atoms with van der Waals surface area (Å²) in [5, 5.41) is 2.43. The minimum atomic E-state index is -0.971. The molecule has 0 aliphatic heterocycles. The van der Waals surface area contributed by atoms with Crippen LogP contribution in [0.15, 0.2) is 0 Å². The summed E-state index contributed by atoms with van der Waals surface area (Å²) < 4.78 is 9.46. The molecular weight excluding hydrogens is 250 g/mol. The molecule has 0 fully saturated rings. The summed E-state index contributed by atoms with van der Waals surface area (Å²) in [4.78, 5) is 34.8. The average molecular weight is 273 g/mol. The maximum absolute atomic E-state index is 11.8. The van der Waals surface area contributed by atoms with Gasteiger partial charge in [-0.05, 0) is 26.7 Å². The highest BCUT2D eigenvalue weighted by molar-refractivity contribution is 6.36. The molecule has 0 bridgehead atoms. The summed E-state index contributed by atoms with van der Waals surface area (Å²) in [5.41, 5.74) is -0.668. The molecule has 0 aromatic carbocycles. The fraction of sp³-hybridized carbons (Fsp3) is 0.769. The molecule has 0 unspecified atom stereocenters. The largest absolute Gasteiger partial charge is 0.463 e. The van der Waals surface area contributed by atoms with E-state index in [1.807, 2.05) is 6.92 Å². The minimum absolute atomic E-state index is 0.195. The van der Waals surface area contributed by atoms with Gasteiger partial charge in [-0.2, -0.15) is 0 Å². The Morgan fingerprint density at radius 2 is 1.74 bits per heavy atom. The van der Waals surface area contributed by atoms with Gasteiger partial charge in [-0.1, -0.05) is 20.3 Å². The van der Waals surface area contributed by atoms with E-state index in [9.17, 15) is 14.4 Å². The van der Waals surface area contributed by atoms with Crippen molar-refractivity contribution < 1.29 is 23.9 Å². The SMILES string of the molecule is CC[C@H](C)[C@H](NC(=O)OC(C)(C)C)C(=O)C(=O)OC. The Morgan fingerprint density at radius 1 is 1.21 bits per heavy atom. The number of esters is 1. The molecule has 1 N–H and O–H groups in total. The normalized spacial score (nSPS) is 14.2. The van der Waals surface area contributed by atoms with E-state index in [0.717, 1.165) is 7.11 Å². The smallest absolute Gasteiger partial charge is 0.408 e. The van der Waals surface area contributed by atoms with Crippen molar-refractivity contribution in [1.82, 2.24) is 5.32 Å². The molecule has 0 aromatic rings. The van der Waals surface area contributed by atoms with Crippen molar-refractivity contribution >= 4 is 17.8 Å². The Balaban J connectivity index is 4.84. The number of nitrogens with one attached hydrogen (secondary N) is 1. The van der Waals surface area contributed by atoms with Gasteiger partial charge in [0, 0.05) is 0 Å². The van der Waals surface area contributed by atoms with Crippen LogP contribution >= 0.6 is 0 Å². The molecule has 0 saturated heterocycles. The van der Waals surface area contributed by atoms with Gasteiger partial charge in [-0.3, -0.25) is 4.79 Å². The first-order valence-corrected chi connectivity index (χ1v) is 6.24. The van der Waals surface area contributed by atoms with E-state index in [1.54, 1.807) is 27.7 Å². The highest BCUT2D eigenvalue weighted by Crippen LogP contribution is 2.12. The van der Waals surface area contributed by atoms with Crippen molar-refractivity contribution in [3.63, 3.8) is 0 Å². The first kappa shape index (κ1) is 17.4. The third-order valence-electron chi connectivity index (χ3n) is 2.55. The van der Waals surface area contributed by atoms with Crippen molar-refractivity contribution in [2.75, 3.05) is 7.11 Å². The third kappa shape index (κ3) is 6.22. The molecule has 0 heterocycles. The fourth-order valence-electron chi connectivity index (χ4n) is 1.36. The summed E-state index contributed by atoms with van der Waals surface area (Å²) in [6.45, 7) is 8.77. The van der Waals surface area contributed by atoms with Crippen molar-refractivity contribution in [2.45, 2.75) is 52.7 Å². The topological polar surface area (TPSA) is 81.7 Å². The number of ether oxygens (including phenoxy) is 2. The van der Waals surface area contributed by atoms with Crippen LogP contribution in [0.3, 0.4) is 0 Å². The molecule has 0 aromatic heterocycles. The van der Waals surface area contributed by atoms with E-state index in [1.165, 1.54) is 0 Å². The molecular formula is C13H23NO5. The standard InChI is InChI=1S/C13H23NO5/c1-7-8(2)9(10(15)11(16)18-6)14-12(17)19-13(3,4)5/h8-9H,7H2,1-6H3,(H,14,17)/t8-,9-/m0/s1. The maximum atomic E-state index is 11.8. The van der Waals surface area contributed by atoms with Crippen LogP contribution in [0.4, 0.5) is 4.79 Å². The van der Waals surface area contributed by atoms with Gasteiger partial charge in [0.15, 0.2) is 0 Å². The highest BCUT2D eigenvalue weighted by Gasteiger charge is 2.32.